The van der Waals surface area contributed by atoms with Gasteiger partial charge in [0, 0.05) is 45.1 Å². The molecule has 0 aliphatic heterocycles. The van der Waals surface area contributed by atoms with Gasteiger partial charge in [-0.3, -0.25) is 0 Å². The Morgan fingerprint density at radius 2 is 0.825 bits per heavy atom. The minimum Gasteiger partial charge on any atom is -0.201 e. The first kappa shape index (κ1) is 25.3. The van der Waals surface area contributed by atoms with Crippen LogP contribution in [-0.4, -0.2) is 0 Å². The third-order valence-electron chi connectivity index (χ3n) is 8.92. The minimum atomic E-state index is 0.269. The molecule has 4 heteroatoms. The van der Waals surface area contributed by atoms with Crippen LogP contribution in [0, 0.1) is 0 Å². The predicted octanol–water partition coefficient (Wildman–Crippen LogP) is 8.40. The molecule has 7 rings (SSSR count). The van der Waals surface area contributed by atoms with Gasteiger partial charge in [-0.05, 0) is 82.3 Å². The standard InChI is InChI=1S/C36H30Cl2N2/c1-39-21-19-29(27-7-3-5-9-31(27)39)35-33(23-11-15-25(37)16-12-23)36(34(35)24-13-17-26(38)18-14-24)30-20-22-40(2)32-10-6-4-8-28(30)32/h3-22,33-36H,1-2H3/q+2. The smallest absolute Gasteiger partial charge is 0.201 e. The summed E-state index contributed by atoms with van der Waals surface area (Å²) < 4.78 is 4.43. The van der Waals surface area contributed by atoms with Gasteiger partial charge in [-0.1, -0.05) is 71.7 Å². The molecule has 6 aromatic rings. The molecule has 0 saturated heterocycles. The van der Waals surface area contributed by atoms with Crippen molar-refractivity contribution >= 4 is 45.0 Å². The van der Waals surface area contributed by atoms with Crippen LogP contribution in [0.1, 0.15) is 45.9 Å². The third-order valence-corrected chi connectivity index (χ3v) is 9.43. The van der Waals surface area contributed by atoms with Gasteiger partial charge >= 0.3 is 0 Å². The Labute approximate surface area is 245 Å². The Hall–Kier alpha value is -3.72. The van der Waals surface area contributed by atoms with Crippen LogP contribution in [0.5, 0.6) is 0 Å². The normalized spacial score (nSPS) is 20.5. The van der Waals surface area contributed by atoms with E-state index in [1.54, 1.807) is 0 Å². The maximum absolute atomic E-state index is 6.40. The Balaban J connectivity index is 1.51. The molecule has 0 spiro atoms. The summed E-state index contributed by atoms with van der Waals surface area (Å²) in [5, 5.41) is 4.14. The summed E-state index contributed by atoms with van der Waals surface area (Å²) in [4.78, 5) is 0. The first-order valence-corrected chi connectivity index (χ1v) is 14.5. The van der Waals surface area contributed by atoms with Crippen LogP contribution >= 0.6 is 23.2 Å². The summed E-state index contributed by atoms with van der Waals surface area (Å²) in [7, 11) is 4.25. The topological polar surface area (TPSA) is 7.76 Å². The fourth-order valence-corrected chi connectivity index (χ4v) is 7.33. The average molecular weight is 562 g/mol. The summed E-state index contributed by atoms with van der Waals surface area (Å²) in [6, 6.07) is 39.2. The van der Waals surface area contributed by atoms with E-state index in [9.17, 15) is 0 Å². The van der Waals surface area contributed by atoms with Crippen LogP contribution in [-0.2, 0) is 14.1 Å². The zero-order valence-corrected chi connectivity index (χ0v) is 24.0. The van der Waals surface area contributed by atoms with Gasteiger partial charge in [0.05, 0.1) is 0 Å². The van der Waals surface area contributed by atoms with Crippen molar-refractivity contribution in [3.8, 4) is 0 Å². The number of rotatable bonds is 4. The third kappa shape index (κ3) is 4.10. The molecule has 1 fully saturated rings. The minimum absolute atomic E-state index is 0.269. The number of fused-ring (bicyclic) bond motifs is 2. The van der Waals surface area contributed by atoms with E-state index in [4.69, 9.17) is 23.2 Å². The summed E-state index contributed by atoms with van der Waals surface area (Å²) in [5.74, 6) is 1.08. The van der Waals surface area contributed by atoms with Crippen LogP contribution in [0.25, 0.3) is 21.8 Å². The van der Waals surface area contributed by atoms with Crippen molar-refractivity contribution in [2.75, 3.05) is 0 Å². The largest absolute Gasteiger partial charge is 0.212 e. The predicted molar refractivity (Wildman–Crippen MR) is 164 cm³/mol. The molecule has 0 atom stereocenters. The van der Waals surface area contributed by atoms with E-state index in [1.165, 1.54) is 44.1 Å². The summed E-state index contributed by atoms with van der Waals surface area (Å²) >= 11 is 12.8. The lowest BCUT2D eigenvalue weighted by molar-refractivity contribution is -0.645. The van der Waals surface area contributed by atoms with Crippen LogP contribution in [0.2, 0.25) is 10.0 Å². The first-order chi connectivity index (χ1) is 19.5. The maximum Gasteiger partial charge on any atom is 0.212 e. The van der Waals surface area contributed by atoms with Crippen LogP contribution < -0.4 is 9.13 Å². The number of hydrogen-bond donors (Lipinski definition) is 0. The lowest BCUT2D eigenvalue weighted by Gasteiger charge is -2.54. The molecule has 4 aromatic carbocycles. The highest BCUT2D eigenvalue weighted by atomic mass is 35.5. The molecule has 2 nitrogen and oxygen atoms in total. The molecule has 0 radical (unpaired) electrons. The van der Waals surface area contributed by atoms with Crippen molar-refractivity contribution in [1.82, 2.24) is 0 Å². The van der Waals surface area contributed by atoms with Gasteiger partial charge in [-0.15, -0.1) is 0 Å². The zero-order chi connectivity index (χ0) is 27.4. The lowest BCUT2D eigenvalue weighted by atomic mass is 9.48. The van der Waals surface area contributed by atoms with Crippen molar-refractivity contribution in [2.24, 2.45) is 14.1 Å². The first-order valence-electron chi connectivity index (χ1n) is 13.8. The molecular formula is C36H30Cl2N2+2. The van der Waals surface area contributed by atoms with Gasteiger partial charge in [0.1, 0.15) is 14.1 Å². The molecule has 0 amide bonds. The SMILES string of the molecule is C[n+]1ccc(C2C(c3ccc(Cl)cc3)C(c3cc[n+](C)c4ccccc34)C2c2ccc(Cl)cc2)c2ccccc21. The Morgan fingerprint density at radius 1 is 0.450 bits per heavy atom. The van der Waals surface area contributed by atoms with E-state index < -0.39 is 0 Å². The molecule has 0 unspecified atom stereocenters. The van der Waals surface area contributed by atoms with Crippen molar-refractivity contribution in [2.45, 2.75) is 23.7 Å². The Kier molecular flexibility index (Phi) is 6.34. The molecule has 1 aliphatic carbocycles. The van der Waals surface area contributed by atoms with Crippen molar-refractivity contribution in [3.05, 3.63) is 154 Å². The van der Waals surface area contributed by atoms with Crippen molar-refractivity contribution in [1.29, 1.82) is 0 Å². The number of benzene rings is 4. The number of para-hydroxylation sites is 2. The Bertz CT molecular complexity index is 1720. The monoisotopic (exact) mass is 560 g/mol. The highest BCUT2D eigenvalue weighted by Crippen LogP contribution is 2.67. The summed E-state index contributed by atoms with van der Waals surface area (Å²) in [6.07, 6.45) is 4.42. The second-order valence-corrected chi connectivity index (χ2v) is 11.9. The van der Waals surface area contributed by atoms with E-state index in [-0.39, 0.29) is 23.7 Å². The number of aromatic nitrogens is 2. The van der Waals surface area contributed by atoms with Crippen LogP contribution in [0.15, 0.2) is 122 Å². The number of aryl methyl sites for hydroxylation is 2. The number of nitrogens with zero attached hydrogens (tertiary/aromatic N) is 2. The molecular weight excluding hydrogens is 531 g/mol. The number of pyridine rings is 2. The molecule has 40 heavy (non-hydrogen) atoms. The molecule has 2 aromatic heterocycles. The summed E-state index contributed by atoms with van der Waals surface area (Å²) in [6.45, 7) is 0. The number of halogens is 2. The lowest BCUT2D eigenvalue weighted by Crippen LogP contribution is -2.41. The molecule has 0 bridgehead atoms. The van der Waals surface area contributed by atoms with E-state index in [0.29, 0.717) is 0 Å². The van der Waals surface area contributed by atoms with Crippen LogP contribution in [0.3, 0.4) is 0 Å². The van der Waals surface area contributed by atoms with Gasteiger partial charge in [-0.25, -0.2) is 9.13 Å². The zero-order valence-electron chi connectivity index (χ0n) is 22.5. The van der Waals surface area contributed by atoms with E-state index in [0.717, 1.165) is 10.0 Å². The van der Waals surface area contributed by atoms with Crippen LogP contribution in [0.4, 0.5) is 0 Å². The van der Waals surface area contributed by atoms with E-state index in [1.807, 2.05) is 24.3 Å². The van der Waals surface area contributed by atoms with Gasteiger partial charge < -0.3 is 0 Å². The number of hydrogen-bond acceptors (Lipinski definition) is 0. The van der Waals surface area contributed by atoms with E-state index >= 15 is 0 Å². The average Bonchev–Trinajstić information content (AvgIpc) is 2.97. The molecule has 1 saturated carbocycles. The van der Waals surface area contributed by atoms with Gasteiger partial charge in [0.15, 0.2) is 12.4 Å². The summed E-state index contributed by atoms with van der Waals surface area (Å²) in [5.41, 5.74) is 7.89. The van der Waals surface area contributed by atoms with Gasteiger partial charge in [0.25, 0.3) is 0 Å². The van der Waals surface area contributed by atoms with Gasteiger partial charge in [-0.2, -0.15) is 0 Å². The van der Waals surface area contributed by atoms with Crippen molar-refractivity contribution in [3.63, 3.8) is 0 Å². The quantitative estimate of drug-likeness (QED) is 0.191. The van der Waals surface area contributed by atoms with Crippen molar-refractivity contribution < 1.29 is 9.13 Å². The molecule has 0 N–H and O–H groups in total. The highest BCUT2D eigenvalue weighted by Gasteiger charge is 2.54. The second-order valence-electron chi connectivity index (χ2n) is 11.0. The second kappa shape index (κ2) is 10.0. The fourth-order valence-electron chi connectivity index (χ4n) is 7.08. The Morgan fingerprint density at radius 3 is 1.23 bits per heavy atom. The fraction of sp³-hybridized carbons (Fsp3) is 0.167. The maximum atomic E-state index is 6.40. The van der Waals surface area contributed by atoms with E-state index in [2.05, 4.69) is 121 Å². The van der Waals surface area contributed by atoms with Gasteiger partial charge in [0.2, 0.25) is 11.0 Å². The molecule has 196 valence electrons. The highest BCUT2D eigenvalue weighted by molar-refractivity contribution is 6.30. The molecule has 2 heterocycles. The molecule has 1 aliphatic rings.